The fraction of sp³-hybridized carbons (Fsp3) is 0.333. The van der Waals surface area contributed by atoms with E-state index in [1.807, 2.05) is 19.1 Å². The Morgan fingerprint density at radius 1 is 1.54 bits per heavy atom. The molecular formula is C9H13IN2O. The lowest BCUT2D eigenvalue weighted by Crippen LogP contribution is -2.25. The summed E-state index contributed by atoms with van der Waals surface area (Å²) in [5, 5.41) is 0. The molecule has 3 N–H and O–H groups in total. The second-order valence-corrected chi connectivity index (χ2v) is 3.94. The van der Waals surface area contributed by atoms with E-state index in [0.29, 0.717) is 0 Å². The maximum atomic E-state index is 5.34. The maximum absolute atomic E-state index is 5.34. The summed E-state index contributed by atoms with van der Waals surface area (Å²) in [5.74, 6) is 6.24. The van der Waals surface area contributed by atoms with E-state index in [4.69, 9.17) is 10.6 Å². The third-order valence-electron chi connectivity index (χ3n) is 1.93. The van der Waals surface area contributed by atoms with E-state index < -0.39 is 0 Å². The fourth-order valence-electron chi connectivity index (χ4n) is 1.05. The van der Waals surface area contributed by atoms with Crippen LogP contribution in [0.15, 0.2) is 18.2 Å². The van der Waals surface area contributed by atoms with Crippen LogP contribution in [0.5, 0.6) is 5.75 Å². The lowest BCUT2D eigenvalue weighted by Gasteiger charge is -2.11. The highest BCUT2D eigenvalue weighted by atomic mass is 127. The number of ether oxygens (including phenoxy) is 1. The summed E-state index contributed by atoms with van der Waals surface area (Å²) in [6.45, 7) is 2.01. The first-order valence-corrected chi connectivity index (χ1v) is 5.06. The minimum atomic E-state index is 0.166. The molecule has 0 saturated carbocycles. The van der Waals surface area contributed by atoms with Crippen LogP contribution in [-0.2, 0) is 0 Å². The Morgan fingerprint density at radius 3 is 2.69 bits per heavy atom. The van der Waals surface area contributed by atoms with Crippen molar-refractivity contribution in [1.82, 2.24) is 5.43 Å². The van der Waals surface area contributed by atoms with Gasteiger partial charge in [-0.2, -0.15) is 0 Å². The standard InChI is InChI=1S/C9H13IN2O/c1-6(12-11)7-3-4-9(13-2)8(10)5-7/h3-6,12H,11H2,1-2H3/t6-/m1/s1. The Bertz CT molecular complexity index is 291. The van der Waals surface area contributed by atoms with Gasteiger partial charge in [-0.25, -0.2) is 0 Å². The molecule has 0 aliphatic heterocycles. The molecular weight excluding hydrogens is 279 g/mol. The van der Waals surface area contributed by atoms with Gasteiger partial charge in [0.15, 0.2) is 0 Å². The van der Waals surface area contributed by atoms with Crippen molar-refractivity contribution in [2.24, 2.45) is 5.84 Å². The minimum absolute atomic E-state index is 0.166. The largest absolute Gasteiger partial charge is 0.496 e. The molecule has 0 radical (unpaired) electrons. The molecule has 0 amide bonds. The number of benzene rings is 1. The average molecular weight is 292 g/mol. The lowest BCUT2D eigenvalue weighted by molar-refractivity contribution is 0.411. The van der Waals surface area contributed by atoms with Crippen LogP contribution in [0, 0.1) is 3.57 Å². The second-order valence-electron chi connectivity index (χ2n) is 2.78. The highest BCUT2D eigenvalue weighted by molar-refractivity contribution is 14.1. The van der Waals surface area contributed by atoms with Crippen LogP contribution in [0.1, 0.15) is 18.5 Å². The maximum Gasteiger partial charge on any atom is 0.132 e. The van der Waals surface area contributed by atoms with Crippen molar-refractivity contribution in [2.75, 3.05) is 7.11 Å². The topological polar surface area (TPSA) is 47.3 Å². The Kier molecular flexibility index (Phi) is 3.95. The van der Waals surface area contributed by atoms with Crippen molar-refractivity contribution in [3.8, 4) is 5.75 Å². The van der Waals surface area contributed by atoms with Crippen molar-refractivity contribution < 1.29 is 4.74 Å². The number of nitrogens with one attached hydrogen (secondary N) is 1. The summed E-state index contributed by atoms with van der Waals surface area (Å²) < 4.78 is 6.25. The summed E-state index contributed by atoms with van der Waals surface area (Å²) in [4.78, 5) is 0. The monoisotopic (exact) mass is 292 g/mol. The molecule has 0 bridgehead atoms. The number of rotatable bonds is 3. The molecule has 0 spiro atoms. The lowest BCUT2D eigenvalue weighted by atomic mass is 10.1. The van der Waals surface area contributed by atoms with E-state index in [-0.39, 0.29) is 6.04 Å². The number of hydrazine groups is 1. The SMILES string of the molecule is COc1ccc([C@@H](C)NN)cc1I. The van der Waals surface area contributed by atoms with Gasteiger partial charge in [0.1, 0.15) is 5.75 Å². The third kappa shape index (κ3) is 2.55. The molecule has 0 aliphatic rings. The molecule has 0 aromatic heterocycles. The molecule has 0 fully saturated rings. The van der Waals surface area contributed by atoms with Gasteiger partial charge in [0, 0.05) is 6.04 Å². The average Bonchev–Trinajstić information content (AvgIpc) is 2.16. The minimum Gasteiger partial charge on any atom is -0.496 e. The molecule has 1 aromatic rings. The summed E-state index contributed by atoms with van der Waals surface area (Å²) in [5.41, 5.74) is 3.86. The van der Waals surface area contributed by atoms with Crippen LogP contribution in [0.3, 0.4) is 0 Å². The number of hydrogen-bond acceptors (Lipinski definition) is 3. The van der Waals surface area contributed by atoms with Gasteiger partial charge in [-0.3, -0.25) is 11.3 Å². The van der Waals surface area contributed by atoms with Crippen LogP contribution < -0.4 is 16.0 Å². The Balaban J connectivity index is 2.95. The van der Waals surface area contributed by atoms with E-state index in [0.717, 1.165) is 14.9 Å². The third-order valence-corrected chi connectivity index (χ3v) is 2.77. The number of nitrogens with two attached hydrogens (primary N) is 1. The van der Waals surface area contributed by atoms with E-state index in [2.05, 4.69) is 34.1 Å². The van der Waals surface area contributed by atoms with Crippen molar-refractivity contribution in [3.05, 3.63) is 27.3 Å². The highest BCUT2D eigenvalue weighted by Crippen LogP contribution is 2.24. The smallest absolute Gasteiger partial charge is 0.132 e. The quantitative estimate of drug-likeness (QED) is 0.507. The molecule has 0 saturated heterocycles. The normalized spacial score (nSPS) is 12.6. The zero-order valence-electron chi connectivity index (χ0n) is 7.67. The van der Waals surface area contributed by atoms with E-state index in [9.17, 15) is 0 Å². The van der Waals surface area contributed by atoms with Crippen molar-refractivity contribution >= 4 is 22.6 Å². The van der Waals surface area contributed by atoms with Crippen molar-refractivity contribution in [2.45, 2.75) is 13.0 Å². The number of hydrogen-bond donors (Lipinski definition) is 2. The molecule has 1 rings (SSSR count). The van der Waals surface area contributed by atoms with Gasteiger partial charge in [0.05, 0.1) is 10.7 Å². The van der Waals surface area contributed by atoms with Gasteiger partial charge in [-0.15, -0.1) is 0 Å². The first kappa shape index (κ1) is 10.7. The van der Waals surface area contributed by atoms with Crippen LogP contribution in [0.25, 0.3) is 0 Å². The molecule has 0 heterocycles. The van der Waals surface area contributed by atoms with E-state index >= 15 is 0 Å². The van der Waals surface area contributed by atoms with Crippen LogP contribution in [0.4, 0.5) is 0 Å². The van der Waals surface area contributed by atoms with Crippen molar-refractivity contribution in [1.29, 1.82) is 0 Å². The molecule has 0 unspecified atom stereocenters. The fourth-order valence-corrected chi connectivity index (χ4v) is 1.81. The van der Waals surface area contributed by atoms with E-state index in [1.54, 1.807) is 7.11 Å². The number of methoxy groups -OCH3 is 1. The summed E-state index contributed by atoms with van der Waals surface area (Å²) in [7, 11) is 1.67. The van der Waals surface area contributed by atoms with Gasteiger partial charge in [0.25, 0.3) is 0 Å². The molecule has 72 valence electrons. The highest BCUT2D eigenvalue weighted by Gasteiger charge is 2.05. The van der Waals surface area contributed by atoms with Crippen LogP contribution in [0.2, 0.25) is 0 Å². The summed E-state index contributed by atoms with van der Waals surface area (Å²) in [6, 6.07) is 6.18. The van der Waals surface area contributed by atoms with Crippen LogP contribution >= 0.6 is 22.6 Å². The van der Waals surface area contributed by atoms with E-state index in [1.165, 1.54) is 0 Å². The second kappa shape index (κ2) is 4.78. The van der Waals surface area contributed by atoms with Gasteiger partial charge in [0.2, 0.25) is 0 Å². The zero-order valence-corrected chi connectivity index (χ0v) is 9.83. The predicted molar refractivity (Wildman–Crippen MR) is 61.4 cm³/mol. The summed E-state index contributed by atoms with van der Waals surface area (Å²) >= 11 is 2.24. The van der Waals surface area contributed by atoms with Gasteiger partial charge < -0.3 is 4.74 Å². The van der Waals surface area contributed by atoms with Gasteiger partial charge in [-0.05, 0) is 47.2 Å². The van der Waals surface area contributed by atoms with Gasteiger partial charge in [-0.1, -0.05) is 6.07 Å². The molecule has 1 atom stereocenters. The Morgan fingerprint density at radius 2 is 2.23 bits per heavy atom. The predicted octanol–water partition coefficient (Wildman–Crippen LogP) is 1.82. The molecule has 4 heteroatoms. The summed E-state index contributed by atoms with van der Waals surface area (Å²) in [6.07, 6.45) is 0. The molecule has 3 nitrogen and oxygen atoms in total. The zero-order chi connectivity index (χ0) is 9.84. The molecule has 0 aliphatic carbocycles. The van der Waals surface area contributed by atoms with Crippen molar-refractivity contribution in [3.63, 3.8) is 0 Å². The first-order chi connectivity index (χ1) is 6.19. The van der Waals surface area contributed by atoms with Crippen LogP contribution in [-0.4, -0.2) is 7.11 Å². The number of halogens is 1. The Labute approximate surface area is 91.8 Å². The van der Waals surface area contributed by atoms with Gasteiger partial charge >= 0.3 is 0 Å². The first-order valence-electron chi connectivity index (χ1n) is 3.98. The Hall–Kier alpha value is -0.330. The molecule has 1 aromatic carbocycles. The molecule has 13 heavy (non-hydrogen) atoms.